The quantitative estimate of drug-likeness (QED) is 0.429. The molecule has 7 nitrogen and oxygen atoms in total. The summed E-state index contributed by atoms with van der Waals surface area (Å²) in [4.78, 5) is 31.8. The molecule has 2 heterocycles. The zero-order valence-corrected chi connectivity index (χ0v) is 22.2. The first-order chi connectivity index (χ1) is 18.0. The Balaban J connectivity index is 1.33. The van der Waals surface area contributed by atoms with Crippen LogP contribution in [-0.2, 0) is 20.5 Å². The molecule has 2 aliphatic rings. The minimum absolute atomic E-state index is 0.198. The lowest BCUT2D eigenvalue weighted by Gasteiger charge is -2.45. The minimum atomic E-state index is -0.998. The first kappa shape index (κ1) is 25.9. The van der Waals surface area contributed by atoms with Crippen molar-refractivity contribution in [1.29, 1.82) is 0 Å². The van der Waals surface area contributed by atoms with E-state index in [9.17, 15) is 14.7 Å². The summed E-state index contributed by atoms with van der Waals surface area (Å²) in [5.41, 5.74) is 7.44. The molecule has 38 heavy (non-hydrogen) atoms. The van der Waals surface area contributed by atoms with E-state index in [-0.39, 0.29) is 11.9 Å². The highest BCUT2D eigenvalue weighted by Crippen LogP contribution is 2.47. The highest BCUT2D eigenvalue weighted by molar-refractivity contribution is 5.89. The third kappa shape index (κ3) is 4.90. The monoisotopic (exact) mass is 513 g/mol. The Labute approximate surface area is 223 Å². The van der Waals surface area contributed by atoms with Crippen molar-refractivity contribution in [3.05, 3.63) is 89.6 Å². The fourth-order valence-corrected chi connectivity index (χ4v) is 5.62. The van der Waals surface area contributed by atoms with Gasteiger partial charge in [0.25, 0.3) is 0 Å². The number of aromatic nitrogens is 1. The van der Waals surface area contributed by atoms with Crippen molar-refractivity contribution >= 4 is 12.0 Å². The normalized spacial score (nSPS) is 21.5. The number of hydrogen-bond acceptors (Lipinski definition) is 5. The van der Waals surface area contributed by atoms with Crippen LogP contribution in [0.25, 0.3) is 11.3 Å². The molecule has 2 atom stereocenters. The number of amides is 2. The van der Waals surface area contributed by atoms with Gasteiger partial charge in [0.15, 0.2) is 0 Å². The zero-order valence-electron chi connectivity index (χ0n) is 22.2. The second-order valence-electron chi connectivity index (χ2n) is 11.3. The Morgan fingerprint density at radius 2 is 1.74 bits per heavy atom. The molecule has 2 amide bonds. The summed E-state index contributed by atoms with van der Waals surface area (Å²) in [7, 11) is 0. The van der Waals surface area contributed by atoms with Gasteiger partial charge in [-0.2, -0.15) is 0 Å². The van der Waals surface area contributed by atoms with Gasteiger partial charge in [-0.25, -0.2) is 4.79 Å². The van der Waals surface area contributed by atoms with E-state index in [2.05, 4.69) is 0 Å². The van der Waals surface area contributed by atoms with Gasteiger partial charge in [0.2, 0.25) is 5.91 Å². The summed E-state index contributed by atoms with van der Waals surface area (Å²) in [6, 6.07) is 23.2. The number of hydrogen-bond donors (Lipinski definition) is 2. The van der Waals surface area contributed by atoms with Crippen LogP contribution in [0.3, 0.4) is 0 Å². The summed E-state index contributed by atoms with van der Waals surface area (Å²) in [5.74, 6) is -0.321. The van der Waals surface area contributed by atoms with Crippen molar-refractivity contribution in [2.24, 2.45) is 5.73 Å². The van der Waals surface area contributed by atoms with Gasteiger partial charge in [-0.15, -0.1) is 0 Å². The summed E-state index contributed by atoms with van der Waals surface area (Å²) < 4.78 is 6.13. The Kier molecular flexibility index (Phi) is 6.51. The topological polar surface area (TPSA) is 106 Å². The van der Waals surface area contributed by atoms with Crippen molar-refractivity contribution in [2.75, 3.05) is 6.54 Å². The van der Waals surface area contributed by atoms with Crippen molar-refractivity contribution < 1.29 is 19.4 Å². The van der Waals surface area contributed by atoms with E-state index in [1.54, 1.807) is 18.7 Å². The van der Waals surface area contributed by atoms with E-state index in [0.29, 0.717) is 19.4 Å². The summed E-state index contributed by atoms with van der Waals surface area (Å²) in [5, 5.41) is 10.6. The van der Waals surface area contributed by atoms with Crippen LogP contribution in [-0.4, -0.2) is 39.1 Å². The van der Waals surface area contributed by atoms with Crippen LogP contribution in [0.5, 0.6) is 0 Å². The molecular formula is C31H35N3O4. The number of pyridine rings is 1. The lowest BCUT2D eigenvalue weighted by atomic mass is 9.80. The van der Waals surface area contributed by atoms with E-state index in [0.717, 1.165) is 40.9 Å². The van der Waals surface area contributed by atoms with Crippen LogP contribution in [0.4, 0.5) is 4.79 Å². The molecule has 0 bridgehead atoms. The molecule has 1 saturated heterocycles. The maximum Gasteiger partial charge on any atom is 0.411 e. The Morgan fingerprint density at radius 3 is 2.32 bits per heavy atom. The predicted octanol–water partition coefficient (Wildman–Crippen LogP) is 5.23. The number of benzene rings is 2. The van der Waals surface area contributed by atoms with Crippen LogP contribution in [0, 0.1) is 0 Å². The number of carbonyl (C=O) groups is 2. The third-order valence-corrected chi connectivity index (χ3v) is 7.91. The SMILES string of the molecule is C[C@@H](c1ccc(-c2cccc(C3(C(N)=O)CC3)n2)cc1)N1CC[C@](CC(C)(C)O)(c2ccccc2)OC1=O. The van der Waals surface area contributed by atoms with Gasteiger partial charge in [-0.3, -0.25) is 9.78 Å². The van der Waals surface area contributed by atoms with Gasteiger partial charge in [0, 0.05) is 24.9 Å². The fourth-order valence-electron chi connectivity index (χ4n) is 5.62. The smallest absolute Gasteiger partial charge is 0.411 e. The van der Waals surface area contributed by atoms with Crippen molar-refractivity contribution in [3.8, 4) is 11.3 Å². The lowest BCUT2D eigenvalue weighted by molar-refractivity contribution is -0.120. The molecule has 198 valence electrons. The number of carbonyl (C=O) groups excluding carboxylic acids is 2. The number of cyclic esters (lactones) is 1. The first-order valence-electron chi connectivity index (χ1n) is 13.2. The van der Waals surface area contributed by atoms with Crippen molar-refractivity contribution in [2.45, 2.75) is 69.1 Å². The van der Waals surface area contributed by atoms with Crippen LogP contribution in [0.1, 0.15) is 69.3 Å². The summed E-state index contributed by atoms with van der Waals surface area (Å²) in [6.07, 6.45) is 1.98. The van der Waals surface area contributed by atoms with Crippen molar-refractivity contribution in [1.82, 2.24) is 9.88 Å². The minimum Gasteiger partial charge on any atom is -0.438 e. The van der Waals surface area contributed by atoms with Gasteiger partial charge in [-0.1, -0.05) is 60.7 Å². The van der Waals surface area contributed by atoms with Crippen molar-refractivity contribution in [3.63, 3.8) is 0 Å². The zero-order chi connectivity index (χ0) is 27.1. The maximum absolute atomic E-state index is 13.3. The molecule has 3 aromatic rings. The molecule has 0 radical (unpaired) electrons. The molecule has 1 saturated carbocycles. The van der Waals surface area contributed by atoms with Gasteiger partial charge in [0.1, 0.15) is 5.60 Å². The average molecular weight is 514 g/mol. The van der Waals surface area contributed by atoms with Gasteiger partial charge < -0.3 is 20.5 Å². The number of nitrogens with zero attached hydrogens (tertiary/aromatic N) is 2. The van der Waals surface area contributed by atoms with Crippen LogP contribution in [0.2, 0.25) is 0 Å². The standard InChI is InChI=1S/C31H35N3O4/c1-21(34-19-18-31(38-28(34)36,20-29(2,3)37)24-8-5-4-6-9-24)22-12-14-23(15-13-22)25-10-7-11-26(33-25)30(16-17-30)27(32)35/h4-15,21,37H,16-20H2,1-3H3,(H2,32,35)/t21-,31-/m0/s1. The van der Waals surface area contributed by atoms with Crippen LogP contribution in [0.15, 0.2) is 72.8 Å². The van der Waals surface area contributed by atoms with E-state index < -0.39 is 22.7 Å². The van der Waals surface area contributed by atoms with E-state index in [1.807, 2.05) is 79.7 Å². The first-order valence-corrected chi connectivity index (χ1v) is 13.2. The van der Waals surface area contributed by atoms with Gasteiger partial charge in [0.05, 0.1) is 28.4 Å². The third-order valence-electron chi connectivity index (χ3n) is 7.91. The Bertz CT molecular complexity index is 1330. The molecule has 0 unspecified atom stereocenters. The number of ether oxygens (including phenoxy) is 1. The molecule has 2 fully saturated rings. The van der Waals surface area contributed by atoms with E-state index in [1.165, 1.54) is 0 Å². The Hall–Kier alpha value is -3.71. The Morgan fingerprint density at radius 1 is 1.05 bits per heavy atom. The molecular weight excluding hydrogens is 478 g/mol. The number of rotatable bonds is 8. The predicted molar refractivity (Wildman–Crippen MR) is 145 cm³/mol. The molecule has 7 heteroatoms. The summed E-state index contributed by atoms with van der Waals surface area (Å²) >= 11 is 0. The average Bonchev–Trinajstić information content (AvgIpc) is 3.71. The second-order valence-corrected chi connectivity index (χ2v) is 11.3. The number of nitrogens with two attached hydrogens (primary N) is 1. The summed E-state index contributed by atoms with van der Waals surface area (Å²) in [6.45, 7) is 5.98. The fraction of sp³-hybridized carbons (Fsp3) is 0.387. The molecule has 3 N–H and O–H groups in total. The van der Waals surface area contributed by atoms with Crippen LogP contribution >= 0.6 is 0 Å². The van der Waals surface area contributed by atoms with Gasteiger partial charge >= 0.3 is 6.09 Å². The molecule has 5 rings (SSSR count). The van der Waals surface area contributed by atoms with Gasteiger partial charge in [-0.05, 0) is 56.9 Å². The molecule has 2 aromatic carbocycles. The van der Waals surface area contributed by atoms with Crippen LogP contribution < -0.4 is 5.73 Å². The van der Waals surface area contributed by atoms with E-state index in [4.69, 9.17) is 15.5 Å². The lowest BCUT2D eigenvalue weighted by Crippen LogP contribution is -2.51. The number of aliphatic hydroxyl groups is 1. The van der Waals surface area contributed by atoms with E-state index >= 15 is 0 Å². The molecule has 1 aromatic heterocycles. The molecule has 1 aliphatic heterocycles. The maximum atomic E-state index is 13.3. The number of primary amides is 1. The highest BCUT2D eigenvalue weighted by Gasteiger charge is 2.51. The highest BCUT2D eigenvalue weighted by atomic mass is 16.6. The largest absolute Gasteiger partial charge is 0.438 e. The second kappa shape index (κ2) is 9.55. The molecule has 1 aliphatic carbocycles. The molecule has 0 spiro atoms.